The molecule has 1 atom stereocenters. The molecule has 4 nitrogen and oxygen atoms in total. The third-order valence-electron chi connectivity index (χ3n) is 6.30. The molecule has 1 aromatic heterocycles. The summed E-state index contributed by atoms with van der Waals surface area (Å²) < 4.78 is 0. The molecule has 0 radical (unpaired) electrons. The van der Waals surface area contributed by atoms with Gasteiger partial charge in [-0.1, -0.05) is 73.0 Å². The monoisotopic (exact) mass is 452 g/mol. The summed E-state index contributed by atoms with van der Waals surface area (Å²) in [5, 5.41) is 5.20. The Morgan fingerprint density at radius 1 is 1.03 bits per heavy atom. The number of hydrogen-bond acceptors (Lipinski definition) is 4. The smallest absolute Gasteiger partial charge is 0.227 e. The van der Waals surface area contributed by atoms with Gasteiger partial charge in [0.15, 0.2) is 5.82 Å². The Hall–Kier alpha value is -1.23. The van der Waals surface area contributed by atoms with E-state index in [9.17, 15) is 0 Å². The zero-order valence-electron chi connectivity index (χ0n) is 16.9. The third kappa shape index (κ3) is 4.60. The number of rotatable bonds is 5. The summed E-state index contributed by atoms with van der Waals surface area (Å²) in [6.45, 7) is 6.05. The lowest BCUT2D eigenvalue weighted by Gasteiger charge is -2.44. The topological polar surface area (TPSA) is 41.1 Å². The predicted molar refractivity (Wildman–Crippen MR) is 123 cm³/mol. The number of benzene rings is 1. The van der Waals surface area contributed by atoms with E-state index in [1.54, 1.807) is 6.07 Å². The Bertz CT molecular complexity index is 877. The van der Waals surface area contributed by atoms with Crippen LogP contribution in [0.2, 0.25) is 15.1 Å². The van der Waals surface area contributed by atoms with Gasteiger partial charge in [-0.25, -0.2) is 4.98 Å². The summed E-state index contributed by atoms with van der Waals surface area (Å²) in [6, 6.07) is 5.45. The molecule has 1 aliphatic heterocycles. The molecule has 29 heavy (non-hydrogen) atoms. The average Bonchev–Trinajstić information content (AvgIpc) is 2.65. The maximum Gasteiger partial charge on any atom is 0.227 e. The molecule has 7 heteroatoms. The predicted octanol–water partition coefficient (Wildman–Crippen LogP) is 6.93. The Kier molecular flexibility index (Phi) is 6.43. The van der Waals surface area contributed by atoms with Crippen LogP contribution in [0.4, 0.5) is 11.8 Å². The van der Waals surface area contributed by atoms with Crippen LogP contribution in [0.15, 0.2) is 18.2 Å². The molecule has 2 aromatic rings. The first-order chi connectivity index (χ1) is 13.9. The van der Waals surface area contributed by atoms with Crippen molar-refractivity contribution < 1.29 is 0 Å². The quantitative estimate of drug-likeness (QED) is 0.532. The second kappa shape index (κ2) is 8.87. The van der Waals surface area contributed by atoms with Crippen molar-refractivity contribution in [3.8, 4) is 0 Å². The number of halogens is 3. The van der Waals surface area contributed by atoms with Crippen LogP contribution in [-0.2, 0) is 0 Å². The lowest BCUT2D eigenvalue weighted by atomic mass is 9.76. The summed E-state index contributed by atoms with van der Waals surface area (Å²) in [7, 11) is 0. The maximum absolute atomic E-state index is 6.52. The van der Waals surface area contributed by atoms with E-state index < -0.39 is 0 Å². The third-order valence-corrected chi connectivity index (χ3v) is 7.31. The van der Waals surface area contributed by atoms with Crippen molar-refractivity contribution in [3.63, 3.8) is 0 Å². The van der Waals surface area contributed by atoms with Crippen LogP contribution in [0.3, 0.4) is 0 Å². The highest BCUT2D eigenvalue weighted by Gasteiger charge is 2.35. The molecule has 4 rings (SSSR count). The average molecular weight is 454 g/mol. The van der Waals surface area contributed by atoms with Crippen molar-refractivity contribution in [2.24, 2.45) is 11.8 Å². The zero-order valence-corrected chi connectivity index (χ0v) is 19.2. The normalized spacial score (nSPS) is 19.1. The summed E-state index contributed by atoms with van der Waals surface area (Å²) >= 11 is 18.9. The van der Waals surface area contributed by atoms with Crippen LogP contribution in [-0.4, -0.2) is 23.1 Å². The fourth-order valence-electron chi connectivity index (χ4n) is 4.50. The standard InChI is InChI=1S/C22H27Cl3N4/c1-13(18-9-8-17(23)10-19(18)24)26-21-20(25)14(2)27-22(28-21)29-11-16(12-29)15-6-4-3-5-7-15/h8-10,13,15-16H,3-7,11-12H2,1-2H3,(H,26,27,28)/t13-/m1/s1. The molecule has 2 heterocycles. The summed E-state index contributed by atoms with van der Waals surface area (Å²) in [6.07, 6.45) is 6.93. The van der Waals surface area contributed by atoms with Crippen LogP contribution in [0.25, 0.3) is 0 Å². The lowest BCUT2D eigenvalue weighted by Crippen LogP contribution is -2.51. The summed E-state index contributed by atoms with van der Waals surface area (Å²) in [4.78, 5) is 11.7. The van der Waals surface area contributed by atoms with E-state index >= 15 is 0 Å². The molecule has 2 fully saturated rings. The number of anilines is 2. The molecular weight excluding hydrogens is 427 g/mol. The first kappa shape index (κ1) is 21.0. The van der Waals surface area contributed by atoms with Crippen LogP contribution in [0.1, 0.15) is 56.3 Å². The van der Waals surface area contributed by atoms with Crippen molar-refractivity contribution in [2.75, 3.05) is 23.3 Å². The molecule has 0 amide bonds. The SMILES string of the molecule is Cc1nc(N2CC(C3CCCCC3)C2)nc(N[C@H](C)c2ccc(Cl)cc2Cl)c1Cl. The van der Waals surface area contributed by atoms with Gasteiger partial charge >= 0.3 is 0 Å². The van der Waals surface area contributed by atoms with E-state index in [1.165, 1.54) is 32.1 Å². The second-order valence-electron chi connectivity index (χ2n) is 8.37. The lowest BCUT2D eigenvalue weighted by molar-refractivity contribution is 0.208. The minimum atomic E-state index is -0.0641. The summed E-state index contributed by atoms with van der Waals surface area (Å²) in [5.74, 6) is 3.06. The van der Waals surface area contributed by atoms with Crippen LogP contribution in [0.5, 0.6) is 0 Å². The molecule has 1 saturated heterocycles. The van der Waals surface area contributed by atoms with Crippen LogP contribution >= 0.6 is 34.8 Å². The highest BCUT2D eigenvalue weighted by atomic mass is 35.5. The van der Waals surface area contributed by atoms with E-state index in [-0.39, 0.29) is 6.04 Å². The minimum absolute atomic E-state index is 0.0641. The fourth-order valence-corrected chi connectivity index (χ4v) is 5.21. The maximum atomic E-state index is 6.52. The van der Waals surface area contributed by atoms with E-state index in [4.69, 9.17) is 39.8 Å². The summed E-state index contributed by atoms with van der Waals surface area (Å²) in [5.41, 5.74) is 1.74. The van der Waals surface area contributed by atoms with Gasteiger partial charge in [0.05, 0.1) is 11.7 Å². The van der Waals surface area contributed by atoms with Crippen molar-refractivity contribution in [1.29, 1.82) is 0 Å². The molecule has 0 unspecified atom stereocenters. The molecule has 1 N–H and O–H groups in total. The van der Waals surface area contributed by atoms with Gasteiger partial charge in [-0.15, -0.1) is 0 Å². The van der Waals surface area contributed by atoms with E-state index in [0.29, 0.717) is 20.9 Å². The number of nitrogens with zero attached hydrogens (tertiary/aromatic N) is 3. The molecule has 0 bridgehead atoms. The Morgan fingerprint density at radius 3 is 2.45 bits per heavy atom. The molecule has 1 aromatic carbocycles. The van der Waals surface area contributed by atoms with Crippen LogP contribution in [0, 0.1) is 18.8 Å². The first-order valence-electron chi connectivity index (χ1n) is 10.4. The molecule has 2 aliphatic rings. The van der Waals surface area contributed by atoms with Gasteiger partial charge in [-0.05, 0) is 43.4 Å². The first-order valence-corrected chi connectivity index (χ1v) is 11.6. The molecule has 1 aliphatic carbocycles. The Labute approximate surface area is 188 Å². The number of nitrogens with one attached hydrogen (secondary N) is 1. The van der Waals surface area contributed by atoms with Gasteiger partial charge in [0, 0.05) is 23.1 Å². The highest BCUT2D eigenvalue weighted by Crippen LogP contribution is 2.38. The van der Waals surface area contributed by atoms with Crippen molar-refractivity contribution in [3.05, 3.63) is 44.5 Å². The number of aryl methyl sites for hydroxylation is 1. The van der Waals surface area contributed by atoms with Crippen molar-refractivity contribution in [1.82, 2.24) is 9.97 Å². The number of aromatic nitrogens is 2. The fraction of sp³-hybridized carbons (Fsp3) is 0.545. The van der Waals surface area contributed by atoms with Gasteiger partial charge in [-0.3, -0.25) is 0 Å². The van der Waals surface area contributed by atoms with Crippen molar-refractivity contribution in [2.45, 2.75) is 52.0 Å². The zero-order chi connectivity index (χ0) is 20.5. The van der Waals surface area contributed by atoms with Gasteiger partial charge in [0.25, 0.3) is 0 Å². The highest BCUT2D eigenvalue weighted by molar-refractivity contribution is 6.35. The molecule has 1 saturated carbocycles. The van der Waals surface area contributed by atoms with E-state index in [0.717, 1.165) is 42.1 Å². The number of hydrogen-bond donors (Lipinski definition) is 1. The Morgan fingerprint density at radius 2 is 1.76 bits per heavy atom. The van der Waals surface area contributed by atoms with Crippen molar-refractivity contribution >= 4 is 46.6 Å². The minimum Gasteiger partial charge on any atom is -0.362 e. The van der Waals surface area contributed by atoms with Crippen LogP contribution < -0.4 is 10.2 Å². The largest absolute Gasteiger partial charge is 0.362 e. The van der Waals surface area contributed by atoms with Gasteiger partial charge in [0.2, 0.25) is 5.95 Å². The van der Waals surface area contributed by atoms with E-state index in [1.807, 2.05) is 26.0 Å². The van der Waals surface area contributed by atoms with Gasteiger partial charge < -0.3 is 10.2 Å². The molecular formula is C22H27Cl3N4. The second-order valence-corrected chi connectivity index (χ2v) is 9.59. The van der Waals surface area contributed by atoms with E-state index in [2.05, 4.69) is 15.2 Å². The van der Waals surface area contributed by atoms with Gasteiger partial charge in [-0.2, -0.15) is 4.98 Å². The molecule has 156 valence electrons. The molecule has 0 spiro atoms. The van der Waals surface area contributed by atoms with Gasteiger partial charge in [0.1, 0.15) is 5.02 Å². The Balaban J connectivity index is 1.47.